The molecule has 0 aromatic carbocycles. The average Bonchev–Trinajstić information content (AvgIpc) is 3.16. The first-order chi connectivity index (χ1) is 10.5. The van der Waals surface area contributed by atoms with Crippen LogP contribution in [0.15, 0.2) is 12.1 Å². The average molecular weight is 339 g/mol. The van der Waals surface area contributed by atoms with Crippen LogP contribution in [0.4, 0.5) is 10.1 Å². The molecule has 0 aliphatic carbocycles. The third kappa shape index (κ3) is 2.92. The van der Waals surface area contributed by atoms with Crippen LogP contribution in [0.5, 0.6) is 0 Å². The third-order valence-corrected chi connectivity index (χ3v) is 5.58. The largest absolute Gasteiger partial charge is 0.343 e. The van der Waals surface area contributed by atoms with Crippen molar-refractivity contribution in [2.24, 2.45) is 0 Å². The van der Waals surface area contributed by atoms with E-state index in [4.69, 9.17) is 0 Å². The highest BCUT2D eigenvalue weighted by Gasteiger charge is 2.22. The summed E-state index contributed by atoms with van der Waals surface area (Å²) in [5.41, 5.74) is 0. The molecule has 0 radical (unpaired) electrons. The SMILES string of the molecule is CC(=O)N1CCN(c2nnc(-c3ccc([N+](=O)[O-])s3)s2)CC1. The lowest BCUT2D eigenvalue weighted by molar-refractivity contribution is -0.380. The minimum Gasteiger partial charge on any atom is -0.343 e. The van der Waals surface area contributed by atoms with Gasteiger partial charge < -0.3 is 9.80 Å². The zero-order chi connectivity index (χ0) is 15.7. The summed E-state index contributed by atoms with van der Waals surface area (Å²) in [4.78, 5) is 26.3. The molecule has 10 heteroatoms. The number of rotatable bonds is 3. The molecule has 0 unspecified atom stereocenters. The Kier molecular flexibility index (Phi) is 4.03. The van der Waals surface area contributed by atoms with Gasteiger partial charge in [-0.15, -0.1) is 10.2 Å². The van der Waals surface area contributed by atoms with Gasteiger partial charge in [0.25, 0.3) is 0 Å². The number of hydrogen-bond donors (Lipinski definition) is 0. The van der Waals surface area contributed by atoms with E-state index >= 15 is 0 Å². The molecule has 1 saturated heterocycles. The Bertz CT molecular complexity index is 705. The summed E-state index contributed by atoms with van der Waals surface area (Å²) >= 11 is 2.51. The molecule has 0 N–H and O–H groups in total. The van der Waals surface area contributed by atoms with Crippen LogP contribution in [0.1, 0.15) is 6.92 Å². The maximum absolute atomic E-state index is 11.3. The number of piperazine rings is 1. The van der Waals surface area contributed by atoms with Crippen LogP contribution in [-0.4, -0.2) is 52.1 Å². The van der Waals surface area contributed by atoms with Crippen molar-refractivity contribution in [1.82, 2.24) is 15.1 Å². The number of amides is 1. The Hall–Kier alpha value is -2.07. The highest BCUT2D eigenvalue weighted by molar-refractivity contribution is 7.24. The molecule has 0 atom stereocenters. The Morgan fingerprint density at radius 3 is 2.55 bits per heavy atom. The van der Waals surface area contributed by atoms with E-state index in [-0.39, 0.29) is 10.9 Å². The molecule has 22 heavy (non-hydrogen) atoms. The summed E-state index contributed by atoms with van der Waals surface area (Å²) in [5.74, 6) is 0.0866. The number of thiophene rings is 1. The molecule has 3 heterocycles. The summed E-state index contributed by atoms with van der Waals surface area (Å²) < 4.78 is 0. The van der Waals surface area contributed by atoms with Crippen LogP contribution in [-0.2, 0) is 4.79 Å². The number of hydrogen-bond acceptors (Lipinski definition) is 8. The van der Waals surface area contributed by atoms with Gasteiger partial charge in [0.1, 0.15) is 0 Å². The van der Waals surface area contributed by atoms with Crippen LogP contribution in [0.2, 0.25) is 0 Å². The van der Waals surface area contributed by atoms with Gasteiger partial charge in [-0.3, -0.25) is 14.9 Å². The van der Waals surface area contributed by atoms with Gasteiger partial charge in [0.15, 0.2) is 5.01 Å². The minimum atomic E-state index is -0.406. The molecule has 116 valence electrons. The quantitative estimate of drug-likeness (QED) is 0.626. The second-order valence-electron chi connectivity index (χ2n) is 4.78. The van der Waals surface area contributed by atoms with Gasteiger partial charge in [-0.1, -0.05) is 22.7 Å². The maximum atomic E-state index is 11.3. The predicted molar refractivity (Wildman–Crippen MR) is 84.3 cm³/mol. The highest BCUT2D eigenvalue weighted by atomic mass is 32.1. The maximum Gasteiger partial charge on any atom is 0.324 e. The number of nitrogens with zero attached hydrogens (tertiary/aromatic N) is 5. The van der Waals surface area contributed by atoms with Crippen molar-refractivity contribution in [2.45, 2.75) is 6.92 Å². The van der Waals surface area contributed by atoms with Gasteiger partial charge >= 0.3 is 5.00 Å². The van der Waals surface area contributed by atoms with Crippen molar-refractivity contribution >= 4 is 38.7 Å². The van der Waals surface area contributed by atoms with Crippen molar-refractivity contribution in [3.63, 3.8) is 0 Å². The van der Waals surface area contributed by atoms with Crippen molar-refractivity contribution in [2.75, 3.05) is 31.1 Å². The van der Waals surface area contributed by atoms with E-state index in [1.54, 1.807) is 17.9 Å². The lowest BCUT2D eigenvalue weighted by atomic mass is 10.3. The fourth-order valence-electron chi connectivity index (χ4n) is 2.20. The Balaban J connectivity index is 1.71. The number of carbonyl (C=O) groups is 1. The number of nitro groups is 1. The topological polar surface area (TPSA) is 92.5 Å². The first kappa shape index (κ1) is 14.9. The summed E-state index contributed by atoms with van der Waals surface area (Å²) in [6.07, 6.45) is 0. The first-order valence-electron chi connectivity index (χ1n) is 6.63. The Labute approximate surface area is 134 Å². The normalized spacial score (nSPS) is 15.1. The summed E-state index contributed by atoms with van der Waals surface area (Å²) in [5, 5.41) is 20.6. The first-order valence-corrected chi connectivity index (χ1v) is 8.26. The number of carbonyl (C=O) groups excluding carboxylic acids is 1. The molecule has 1 amide bonds. The van der Waals surface area contributed by atoms with Crippen molar-refractivity contribution in [1.29, 1.82) is 0 Å². The van der Waals surface area contributed by atoms with E-state index in [0.29, 0.717) is 18.1 Å². The fourth-order valence-corrected chi connectivity index (χ4v) is 3.96. The third-order valence-electron chi connectivity index (χ3n) is 3.39. The van der Waals surface area contributed by atoms with Crippen LogP contribution in [0.3, 0.4) is 0 Å². The molecule has 0 bridgehead atoms. The molecule has 3 rings (SSSR count). The van der Waals surface area contributed by atoms with Gasteiger partial charge in [0, 0.05) is 39.2 Å². The van der Waals surface area contributed by atoms with Crippen molar-refractivity contribution in [3.05, 3.63) is 22.2 Å². The predicted octanol–water partition coefficient (Wildman–Crippen LogP) is 1.84. The molecule has 1 aliphatic rings. The molecule has 1 aliphatic heterocycles. The molecule has 0 spiro atoms. The molecule has 8 nitrogen and oxygen atoms in total. The second kappa shape index (κ2) is 5.97. The van der Waals surface area contributed by atoms with Crippen molar-refractivity contribution < 1.29 is 9.72 Å². The second-order valence-corrected chi connectivity index (χ2v) is 6.80. The monoisotopic (exact) mass is 339 g/mol. The fraction of sp³-hybridized carbons (Fsp3) is 0.417. The van der Waals surface area contributed by atoms with E-state index in [0.717, 1.165) is 34.4 Å². The smallest absolute Gasteiger partial charge is 0.324 e. The van der Waals surface area contributed by atoms with Gasteiger partial charge in [-0.05, 0) is 6.07 Å². The van der Waals surface area contributed by atoms with E-state index in [2.05, 4.69) is 15.1 Å². The summed E-state index contributed by atoms with van der Waals surface area (Å²) in [6.45, 7) is 4.36. The van der Waals surface area contributed by atoms with Crippen LogP contribution < -0.4 is 4.90 Å². The van der Waals surface area contributed by atoms with Crippen LogP contribution in [0.25, 0.3) is 9.88 Å². The minimum absolute atomic E-state index is 0.0866. The Morgan fingerprint density at radius 2 is 1.95 bits per heavy atom. The molecule has 2 aromatic rings. The van der Waals surface area contributed by atoms with Crippen LogP contribution in [0, 0.1) is 10.1 Å². The molecule has 0 saturated carbocycles. The van der Waals surface area contributed by atoms with Gasteiger partial charge in [0.05, 0.1) is 9.80 Å². The molecule has 2 aromatic heterocycles. The van der Waals surface area contributed by atoms with Crippen LogP contribution >= 0.6 is 22.7 Å². The van der Waals surface area contributed by atoms with E-state index in [1.165, 1.54) is 17.4 Å². The number of anilines is 1. The molecular weight excluding hydrogens is 326 g/mol. The van der Waals surface area contributed by atoms with E-state index in [1.807, 2.05) is 0 Å². The zero-order valence-electron chi connectivity index (χ0n) is 11.8. The van der Waals surface area contributed by atoms with E-state index < -0.39 is 4.92 Å². The lowest BCUT2D eigenvalue weighted by Crippen LogP contribution is -2.48. The van der Waals surface area contributed by atoms with Gasteiger partial charge in [-0.25, -0.2) is 0 Å². The van der Waals surface area contributed by atoms with Crippen molar-refractivity contribution in [3.8, 4) is 9.88 Å². The van der Waals surface area contributed by atoms with Gasteiger partial charge in [0.2, 0.25) is 11.0 Å². The highest BCUT2D eigenvalue weighted by Crippen LogP contribution is 2.36. The van der Waals surface area contributed by atoms with Gasteiger partial charge in [-0.2, -0.15) is 0 Å². The molecule has 1 fully saturated rings. The van der Waals surface area contributed by atoms with E-state index in [9.17, 15) is 14.9 Å². The summed E-state index contributed by atoms with van der Waals surface area (Å²) in [7, 11) is 0. The molecular formula is C12H13N5O3S2. The lowest BCUT2D eigenvalue weighted by Gasteiger charge is -2.33. The standard InChI is InChI=1S/C12H13N5O3S2/c1-8(18)15-4-6-16(7-5-15)12-14-13-11(22-12)9-2-3-10(21-9)17(19)20/h2-3H,4-7H2,1H3. The number of aromatic nitrogens is 2. The Morgan fingerprint density at radius 1 is 1.23 bits per heavy atom. The zero-order valence-corrected chi connectivity index (χ0v) is 13.4. The summed E-state index contributed by atoms with van der Waals surface area (Å²) in [6, 6.07) is 3.17.